The number of nitrogens with zero attached hydrogens (tertiary/aromatic N) is 2. The Kier molecular flexibility index (Phi) is 5.85. The molecule has 2 aliphatic rings. The minimum atomic E-state index is -3.52. The number of hydrogen-bond donors (Lipinski definition) is 0. The lowest BCUT2D eigenvalue weighted by Gasteiger charge is -2.39. The summed E-state index contributed by atoms with van der Waals surface area (Å²) in [6, 6.07) is 17.5. The first-order chi connectivity index (χ1) is 13.6. The van der Waals surface area contributed by atoms with Crippen LogP contribution in [0, 0.1) is 0 Å². The van der Waals surface area contributed by atoms with E-state index in [-0.39, 0.29) is 6.04 Å². The van der Waals surface area contributed by atoms with Crippen LogP contribution >= 0.6 is 0 Å². The minimum absolute atomic E-state index is 0.150. The summed E-state index contributed by atoms with van der Waals surface area (Å²) in [6.07, 6.45) is 6.34. The molecule has 0 radical (unpaired) electrons. The molecule has 1 atom stereocenters. The van der Waals surface area contributed by atoms with Crippen molar-refractivity contribution in [1.82, 2.24) is 9.21 Å². The molecule has 150 valence electrons. The fraction of sp³-hybridized carbons (Fsp3) is 0.478. The van der Waals surface area contributed by atoms with Gasteiger partial charge in [-0.3, -0.25) is 0 Å². The molecule has 1 aliphatic heterocycles. The molecule has 0 spiro atoms. The Morgan fingerprint density at radius 1 is 0.821 bits per heavy atom. The number of likely N-dealkylation sites (N-methyl/N-ethyl adjacent to an activating group) is 1. The van der Waals surface area contributed by atoms with Gasteiger partial charge in [0.1, 0.15) is 0 Å². The van der Waals surface area contributed by atoms with Crippen molar-refractivity contribution in [2.45, 2.75) is 49.0 Å². The maximum absolute atomic E-state index is 13.5. The van der Waals surface area contributed by atoms with Crippen LogP contribution in [0.15, 0.2) is 59.5 Å². The first-order valence-electron chi connectivity index (χ1n) is 10.4. The van der Waals surface area contributed by atoms with Crippen molar-refractivity contribution in [3.8, 4) is 0 Å². The molecule has 4 rings (SSSR count). The molecule has 0 bridgehead atoms. The van der Waals surface area contributed by atoms with E-state index in [1.54, 1.807) is 4.31 Å². The van der Waals surface area contributed by atoms with Crippen molar-refractivity contribution >= 4 is 10.0 Å². The number of hydrogen-bond acceptors (Lipinski definition) is 3. The van der Waals surface area contributed by atoms with Gasteiger partial charge in [0.25, 0.3) is 0 Å². The van der Waals surface area contributed by atoms with E-state index in [4.69, 9.17) is 0 Å². The zero-order chi connectivity index (χ0) is 19.6. The second-order valence-electron chi connectivity index (χ2n) is 8.21. The van der Waals surface area contributed by atoms with E-state index >= 15 is 0 Å². The van der Waals surface area contributed by atoms with Crippen LogP contribution in [-0.2, 0) is 10.0 Å². The second-order valence-corrected chi connectivity index (χ2v) is 10.1. The zero-order valence-corrected chi connectivity index (χ0v) is 17.4. The molecule has 0 unspecified atom stereocenters. The summed E-state index contributed by atoms with van der Waals surface area (Å²) < 4.78 is 28.6. The second kappa shape index (κ2) is 8.36. The van der Waals surface area contributed by atoms with Gasteiger partial charge in [0, 0.05) is 19.6 Å². The Bertz CT molecular complexity index is 875. The van der Waals surface area contributed by atoms with Gasteiger partial charge in [-0.05, 0) is 49.1 Å². The van der Waals surface area contributed by atoms with E-state index in [1.165, 1.54) is 37.7 Å². The van der Waals surface area contributed by atoms with Crippen LogP contribution in [0.25, 0.3) is 0 Å². The normalized spacial score (nSPS) is 23.0. The van der Waals surface area contributed by atoms with Crippen molar-refractivity contribution < 1.29 is 8.42 Å². The molecule has 5 heteroatoms. The van der Waals surface area contributed by atoms with Gasteiger partial charge in [-0.2, -0.15) is 4.31 Å². The van der Waals surface area contributed by atoms with Crippen LogP contribution in [0.1, 0.15) is 55.2 Å². The number of piperazine rings is 1. The molecular weight excluding hydrogens is 368 g/mol. The van der Waals surface area contributed by atoms with Gasteiger partial charge < -0.3 is 4.90 Å². The van der Waals surface area contributed by atoms with E-state index in [9.17, 15) is 8.42 Å². The lowest BCUT2D eigenvalue weighted by atomic mass is 9.84. The Hall–Kier alpha value is -1.69. The van der Waals surface area contributed by atoms with Crippen LogP contribution in [0.4, 0.5) is 0 Å². The van der Waals surface area contributed by atoms with E-state index in [2.05, 4.69) is 11.9 Å². The fourth-order valence-corrected chi connectivity index (χ4v) is 6.22. The summed E-state index contributed by atoms with van der Waals surface area (Å²) in [7, 11) is -1.47. The Labute approximate surface area is 169 Å². The molecule has 2 aromatic rings. The average molecular weight is 399 g/mol. The maximum Gasteiger partial charge on any atom is 0.243 e. The predicted molar refractivity (Wildman–Crippen MR) is 113 cm³/mol. The molecule has 28 heavy (non-hydrogen) atoms. The van der Waals surface area contributed by atoms with E-state index in [1.807, 2.05) is 54.6 Å². The Balaban J connectivity index is 1.60. The van der Waals surface area contributed by atoms with Crippen LogP contribution in [-0.4, -0.2) is 44.3 Å². The van der Waals surface area contributed by atoms with Crippen molar-refractivity contribution in [3.63, 3.8) is 0 Å². The summed E-state index contributed by atoms with van der Waals surface area (Å²) >= 11 is 0. The molecule has 2 aromatic carbocycles. The topological polar surface area (TPSA) is 40.6 Å². The van der Waals surface area contributed by atoms with Crippen molar-refractivity contribution in [2.24, 2.45) is 0 Å². The van der Waals surface area contributed by atoms with Crippen molar-refractivity contribution in [2.75, 3.05) is 26.7 Å². The molecule has 0 N–H and O–H groups in total. The lowest BCUT2D eigenvalue weighted by Crippen LogP contribution is -2.49. The van der Waals surface area contributed by atoms with Crippen LogP contribution in [0.5, 0.6) is 0 Å². The van der Waals surface area contributed by atoms with Crippen LogP contribution < -0.4 is 0 Å². The van der Waals surface area contributed by atoms with E-state index in [0.717, 1.165) is 12.1 Å². The summed E-state index contributed by atoms with van der Waals surface area (Å²) in [5.74, 6) is 0.589. The molecule has 2 fully saturated rings. The highest BCUT2D eigenvalue weighted by atomic mass is 32.2. The van der Waals surface area contributed by atoms with Gasteiger partial charge >= 0.3 is 0 Å². The van der Waals surface area contributed by atoms with E-state index < -0.39 is 10.0 Å². The van der Waals surface area contributed by atoms with Crippen molar-refractivity contribution in [1.29, 1.82) is 0 Å². The standard InChI is InChI=1S/C23H30N2O2S/c1-24-16-17-25(23(18-24)21-10-6-3-7-11-21)28(26,27)22-14-12-20(13-15-22)19-8-4-2-5-9-19/h3,6-7,10-15,19,23H,2,4-5,8-9,16-18H2,1H3/t23-/m0/s1. The molecule has 0 aromatic heterocycles. The first-order valence-corrected chi connectivity index (χ1v) is 11.8. The molecule has 4 nitrogen and oxygen atoms in total. The summed E-state index contributed by atoms with van der Waals surface area (Å²) in [4.78, 5) is 2.62. The smallest absolute Gasteiger partial charge is 0.243 e. The minimum Gasteiger partial charge on any atom is -0.303 e. The van der Waals surface area contributed by atoms with Gasteiger partial charge in [-0.15, -0.1) is 0 Å². The lowest BCUT2D eigenvalue weighted by molar-refractivity contribution is 0.160. The largest absolute Gasteiger partial charge is 0.303 e. The number of sulfonamides is 1. The maximum atomic E-state index is 13.5. The van der Waals surface area contributed by atoms with Crippen LogP contribution in [0.3, 0.4) is 0 Å². The Morgan fingerprint density at radius 3 is 2.18 bits per heavy atom. The quantitative estimate of drug-likeness (QED) is 0.766. The number of benzene rings is 2. The third-order valence-corrected chi connectivity index (χ3v) is 8.20. The summed E-state index contributed by atoms with van der Waals surface area (Å²) in [6.45, 7) is 1.98. The van der Waals surface area contributed by atoms with Gasteiger partial charge in [-0.25, -0.2) is 8.42 Å². The Morgan fingerprint density at radius 2 is 1.50 bits per heavy atom. The summed E-state index contributed by atoms with van der Waals surface area (Å²) in [5, 5.41) is 0. The SMILES string of the molecule is CN1CCN(S(=O)(=O)c2ccc(C3CCCCC3)cc2)[C@H](c2ccccc2)C1. The highest BCUT2D eigenvalue weighted by molar-refractivity contribution is 7.89. The van der Waals surface area contributed by atoms with Gasteiger partial charge in [0.15, 0.2) is 0 Å². The highest BCUT2D eigenvalue weighted by Gasteiger charge is 2.36. The van der Waals surface area contributed by atoms with E-state index in [0.29, 0.717) is 23.9 Å². The molecule has 1 saturated heterocycles. The fourth-order valence-electron chi connectivity index (χ4n) is 4.62. The highest BCUT2D eigenvalue weighted by Crippen LogP contribution is 2.34. The zero-order valence-electron chi connectivity index (χ0n) is 16.6. The van der Waals surface area contributed by atoms with Gasteiger partial charge in [-0.1, -0.05) is 61.7 Å². The molecule has 1 saturated carbocycles. The first kappa shape index (κ1) is 19.6. The van der Waals surface area contributed by atoms with Crippen molar-refractivity contribution in [3.05, 3.63) is 65.7 Å². The summed E-state index contributed by atoms with van der Waals surface area (Å²) in [5.41, 5.74) is 2.34. The van der Waals surface area contributed by atoms with Gasteiger partial charge in [0.05, 0.1) is 10.9 Å². The monoisotopic (exact) mass is 398 g/mol. The molecular formula is C23H30N2O2S. The molecule has 1 heterocycles. The molecule has 1 aliphatic carbocycles. The third-order valence-electron chi connectivity index (χ3n) is 6.28. The van der Waals surface area contributed by atoms with Gasteiger partial charge in [0.2, 0.25) is 10.0 Å². The predicted octanol–water partition coefficient (Wildman–Crippen LogP) is 4.41. The third kappa shape index (κ3) is 4.02. The average Bonchev–Trinajstić information content (AvgIpc) is 2.75. The van der Waals surface area contributed by atoms with Crippen LogP contribution in [0.2, 0.25) is 0 Å². The number of rotatable bonds is 4. The molecule has 0 amide bonds.